The predicted molar refractivity (Wildman–Crippen MR) is 121 cm³/mol. The number of hydrogen-bond donors (Lipinski definition) is 2. The Balaban J connectivity index is 1.31. The highest BCUT2D eigenvalue weighted by Crippen LogP contribution is 2.34. The number of hydrogen-bond acceptors (Lipinski definition) is 6. The lowest BCUT2D eigenvalue weighted by atomic mass is 9.79. The number of amides is 1. The number of nitrogens with one attached hydrogen (secondary N) is 2. The second-order valence-corrected chi connectivity index (χ2v) is 9.69. The maximum Gasteiger partial charge on any atom is 0.230 e. The molecular weight excluding hydrogens is 466 g/mol. The number of carbonyl (C=O) groups excluding carboxylic acids is 1. The molecule has 0 radical (unpaired) electrons. The number of benzene rings is 1. The van der Waals surface area contributed by atoms with E-state index in [2.05, 4.69) is 41.3 Å². The molecular formula is C21H28BrN5O2S. The van der Waals surface area contributed by atoms with Crippen LogP contribution in [0.3, 0.4) is 0 Å². The maximum absolute atomic E-state index is 12.6. The Bertz CT molecular complexity index is 849. The molecule has 2 heterocycles. The van der Waals surface area contributed by atoms with Gasteiger partial charge in [0.05, 0.1) is 19.0 Å². The number of carbonyl (C=O) groups is 1. The third kappa shape index (κ3) is 5.25. The van der Waals surface area contributed by atoms with E-state index >= 15 is 0 Å². The van der Waals surface area contributed by atoms with Gasteiger partial charge in [-0.05, 0) is 18.9 Å². The van der Waals surface area contributed by atoms with E-state index in [1.165, 1.54) is 31.0 Å². The van der Waals surface area contributed by atoms with Gasteiger partial charge in [-0.3, -0.25) is 14.8 Å². The third-order valence-corrected chi connectivity index (χ3v) is 7.55. The van der Waals surface area contributed by atoms with Gasteiger partial charge in [-0.25, -0.2) is 4.98 Å². The van der Waals surface area contributed by atoms with Gasteiger partial charge in [0.1, 0.15) is 0 Å². The van der Waals surface area contributed by atoms with Crippen LogP contribution in [-0.4, -0.2) is 70.1 Å². The van der Waals surface area contributed by atoms with Crippen molar-refractivity contribution >= 4 is 33.6 Å². The molecule has 0 atom stereocenters. The topological polar surface area (TPSA) is 83.1 Å². The number of aromatic nitrogens is 3. The first-order valence-corrected chi connectivity index (χ1v) is 12.3. The number of ether oxygens (including phenoxy) is 1. The number of thioether (sulfide) groups is 1. The van der Waals surface area contributed by atoms with Crippen molar-refractivity contribution in [3.05, 3.63) is 28.7 Å². The van der Waals surface area contributed by atoms with Gasteiger partial charge in [-0.1, -0.05) is 65.2 Å². The number of nitrogens with zero attached hydrogens (tertiary/aromatic N) is 3. The van der Waals surface area contributed by atoms with Crippen LogP contribution in [0.25, 0.3) is 11.4 Å². The summed E-state index contributed by atoms with van der Waals surface area (Å²) in [4.78, 5) is 19.6. The SMILES string of the molecule is O=C(CSc1n[nH]c(-c2ccccc2Br)n1)NCC1(N2CCOCC2)CCCCC1. The van der Waals surface area contributed by atoms with Gasteiger partial charge in [0.2, 0.25) is 11.1 Å². The van der Waals surface area contributed by atoms with E-state index in [0.29, 0.717) is 23.3 Å². The van der Waals surface area contributed by atoms with Crippen LogP contribution in [-0.2, 0) is 9.53 Å². The fourth-order valence-electron chi connectivity index (χ4n) is 4.38. The molecule has 9 heteroatoms. The molecule has 2 aromatic rings. The minimum atomic E-state index is 0.0328. The Morgan fingerprint density at radius 2 is 2.00 bits per heavy atom. The summed E-state index contributed by atoms with van der Waals surface area (Å²) in [6.07, 6.45) is 6.06. The number of H-pyrrole nitrogens is 1. The molecule has 1 saturated heterocycles. The number of rotatable bonds is 7. The molecule has 1 aliphatic carbocycles. The van der Waals surface area contributed by atoms with Crippen molar-refractivity contribution in [1.82, 2.24) is 25.4 Å². The first kappa shape index (κ1) is 21.8. The molecule has 1 saturated carbocycles. The van der Waals surface area contributed by atoms with Gasteiger partial charge >= 0.3 is 0 Å². The maximum atomic E-state index is 12.6. The lowest BCUT2D eigenvalue weighted by molar-refractivity contribution is -0.119. The molecule has 2 N–H and O–H groups in total. The molecule has 4 rings (SSSR count). The number of morpholine rings is 1. The molecule has 1 aliphatic heterocycles. The van der Waals surface area contributed by atoms with E-state index in [1.807, 2.05) is 24.3 Å². The van der Waals surface area contributed by atoms with E-state index in [9.17, 15) is 4.79 Å². The zero-order chi connectivity index (χ0) is 20.8. The molecule has 0 unspecified atom stereocenters. The standard InChI is InChI=1S/C21H28BrN5O2S/c22-17-7-3-2-6-16(17)19-24-20(26-25-19)30-14-18(28)23-15-21(8-4-1-5-9-21)27-10-12-29-13-11-27/h2-3,6-7H,1,4-5,8-15H2,(H,23,28)(H,24,25,26). The van der Waals surface area contributed by atoms with Crippen LogP contribution in [0.2, 0.25) is 0 Å². The highest BCUT2D eigenvalue weighted by Gasteiger charge is 2.38. The second kappa shape index (κ2) is 10.3. The monoisotopic (exact) mass is 493 g/mol. The Morgan fingerprint density at radius 3 is 2.77 bits per heavy atom. The van der Waals surface area contributed by atoms with Gasteiger partial charge in [-0.2, -0.15) is 0 Å². The second-order valence-electron chi connectivity index (χ2n) is 7.90. The third-order valence-electron chi connectivity index (χ3n) is 6.01. The van der Waals surface area contributed by atoms with Crippen molar-refractivity contribution in [3.63, 3.8) is 0 Å². The quantitative estimate of drug-likeness (QED) is 0.574. The number of aromatic amines is 1. The minimum absolute atomic E-state index is 0.0328. The lowest BCUT2D eigenvalue weighted by Crippen LogP contribution is -2.59. The van der Waals surface area contributed by atoms with Crippen LogP contribution in [0, 0.1) is 0 Å². The average molecular weight is 494 g/mol. The fraction of sp³-hybridized carbons (Fsp3) is 0.571. The average Bonchev–Trinajstić information content (AvgIpc) is 3.27. The summed E-state index contributed by atoms with van der Waals surface area (Å²) in [5, 5.41) is 11.0. The van der Waals surface area contributed by atoms with E-state index in [-0.39, 0.29) is 11.4 Å². The van der Waals surface area contributed by atoms with Gasteiger partial charge in [0.15, 0.2) is 5.82 Å². The van der Waals surface area contributed by atoms with Crippen LogP contribution in [0.5, 0.6) is 0 Å². The smallest absolute Gasteiger partial charge is 0.230 e. The minimum Gasteiger partial charge on any atom is -0.379 e. The molecule has 7 nitrogen and oxygen atoms in total. The van der Waals surface area contributed by atoms with Crippen LogP contribution in [0.1, 0.15) is 32.1 Å². The largest absolute Gasteiger partial charge is 0.379 e. The first-order chi connectivity index (χ1) is 14.7. The summed E-state index contributed by atoms with van der Waals surface area (Å²) >= 11 is 4.89. The van der Waals surface area contributed by atoms with Crippen molar-refractivity contribution in [1.29, 1.82) is 0 Å². The Hall–Kier alpha value is -1.42. The normalized spacial score (nSPS) is 19.5. The van der Waals surface area contributed by atoms with Gasteiger partial charge in [0.25, 0.3) is 0 Å². The summed E-state index contributed by atoms with van der Waals surface area (Å²) in [5.41, 5.74) is 1.03. The molecule has 30 heavy (non-hydrogen) atoms. The number of halogens is 1. The molecule has 2 fully saturated rings. The fourth-order valence-corrected chi connectivity index (χ4v) is 5.48. The summed E-state index contributed by atoms with van der Waals surface area (Å²) < 4.78 is 6.49. The van der Waals surface area contributed by atoms with E-state index in [4.69, 9.17) is 4.74 Å². The van der Waals surface area contributed by atoms with Gasteiger partial charge < -0.3 is 10.1 Å². The van der Waals surface area contributed by atoms with E-state index in [1.54, 1.807) is 0 Å². The molecule has 1 amide bonds. The summed E-state index contributed by atoms with van der Waals surface area (Å²) in [6.45, 7) is 4.20. The van der Waals surface area contributed by atoms with Crippen LogP contribution in [0.15, 0.2) is 33.9 Å². The van der Waals surface area contributed by atoms with Crippen LogP contribution >= 0.6 is 27.7 Å². The van der Waals surface area contributed by atoms with Crippen molar-refractivity contribution in [2.24, 2.45) is 0 Å². The predicted octanol–water partition coefficient (Wildman–Crippen LogP) is 3.48. The molecule has 0 spiro atoms. The highest BCUT2D eigenvalue weighted by molar-refractivity contribution is 9.10. The molecule has 162 valence electrons. The summed E-state index contributed by atoms with van der Waals surface area (Å²) in [6, 6.07) is 7.85. The Labute approximate surface area is 189 Å². The molecule has 2 aliphatic rings. The van der Waals surface area contributed by atoms with Crippen molar-refractivity contribution in [3.8, 4) is 11.4 Å². The summed E-state index contributed by atoms with van der Waals surface area (Å²) in [5.74, 6) is 1.04. The van der Waals surface area contributed by atoms with Crippen LogP contribution in [0.4, 0.5) is 0 Å². The van der Waals surface area contributed by atoms with Gasteiger partial charge in [0, 0.05) is 35.2 Å². The van der Waals surface area contributed by atoms with Crippen molar-refractivity contribution < 1.29 is 9.53 Å². The lowest BCUT2D eigenvalue weighted by Gasteiger charge is -2.48. The van der Waals surface area contributed by atoms with Crippen LogP contribution < -0.4 is 5.32 Å². The first-order valence-electron chi connectivity index (χ1n) is 10.6. The Kier molecular flexibility index (Phi) is 7.45. The highest BCUT2D eigenvalue weighted by atomic mass is 79.9. The van der Waals surface area contributed by atoms with Crippen molar-refractivity contribution in [2.75, 3.05) is 38.6 Å². The van der Waals surface area contributed by atoms with Gasteiger partial charge in [-0.15, -0.1) is 5.10 Å². The Morgan fingerprint density at radius 1 is 1.23 bits per heavy atom. The molecule has 0 bridgehead atoms. The zero-order valence-electron chi connectivity index (χ0n) is 17.0. The van der Waals surface area contributed by atoms with E-state index in [0.717, 1.165) is 49.2 Å². The summed E-state index contributed by atoms with van der Waals surface area (Å²) in [7, 11) is 0. The van der Waals surface area contributed by atoms with E-state index < -0.39 is 0 Å². The molecule has 1 aromatic heterocycles. The zero-order valence-corrected chi connectivity index (χ0v) is 19.4. The molecule has 1 aromatic carbocycles. The van der Waals surface area contributed by atoms with Crippen molar-refractivity contribution in [2.45, 2.75) is 42.8 Å².